The highest BCUT2D eigenvalue weighted by molar-refractivity contribution is 7.19. The van der Waals surface area contributed by atoms with Crippen LogP contribution < -0.4 is 11.3 Å². The van der Waals surface area contributed by atoms with Gasteiger partial charge in [0.2, 0.25) is 0 Å². The quantitative estimate of drug-likeness (QED) is 0.233. The van der Waals surface area contributed by atoms with E-state index in [4.69, 9.17) is 17.3 Å². The van der Waals surface area contributed by atoms with E-state index >= 15 is 0 Å². The van der Waals surface area contributed by atoms with Gasteiger partial charge in [-0.1, -0.05) is 48.0 Å². The van der Waals surface area contributed by atoms with Crippen molar-refractivity contribution in [3.8, 4) is 21.7 Å². The summed E-state index contributed by atoms with van der Waals surface area (Å²) in [4.78, 5) is 21.0. The summed E-state index contributed by atoms with van der Waals surface area (Å²) >= 11 is 7.44. The van der Waals surface area contributed by atoms with E-state index in [1.807, 2.05) is 42.5 Å². The van der Waals surface area contributed by atoms with Crippen molar-refractivity contribution >= 4 is 58.8 Å². The lowest BCUT2D eigenvalue weighted by atomic mass is 9.91. The Bertz CT molecular complexity index is 1780. The fraction of sp³-hybridized carbons (Fsp3) is 0.300. The zero-order valence-electron chi connectivity index (χ0n) is 23.4. The number of thiophene rings is 1. The number of piperidine rings is 1. The highest BCUT2D eigenvalue weighted by atomic mass is 35.5. The molecule has 6 rings (SSSR count). The molecule has 3 N–H and O–H groups in total. The molecule has 0 spiro atoms. The lowest BCUT2D eigenvalue weighted by Gasteiger charge is -2.38. The third-order valence-electron chi connectivity index (χ3n) is 7.83. The first-order valence-electron chi connectivity index (χ1n) is 13.4. The van der Waals surface area contributed by atoms with Crippen molar-refractivity contribution in [3.63, 3.8) is 0 Å². The SMILES string of the molecule is Cl.Cl.Cn1nc2c(=O)n(CC3(O)CCN(Cc4ccc(-c5ccc(Cl)s5)cc4F)CC3)cnc2c1-c1ccc(CN)cc1. The summed E-state index contributed by atoms with van der Waals surface area (Å²) in [6, 6.07) is 16.8. The van der Waals surface area contributed by atoms with Crippen LogP contribution in [0.25, 0.3) is 32.7 Å². The molecule has 1 fully saturated rings. The van der Waals surface area contributed by atoms with E-state index in [1.165, 1.54) is 22.2 Å². The van der Waals surface area contributed by atoms with Gasteiger partial charge in [0.05, 0.1) is 28.5 Å². The minimum absolute atomic E-state index is 0. The number of nitrogens with two attached hydrogens (primary N) is 1. The number of benzene rings is 2. The van der Waals surface area contributed by atoms with Crippen LogP contribution in [0, 0.1) is 5.82 Å². The highest BCUT2D eigenvalue weighted by Crippen LogP contribution is 2.33. The summed E-state index contributed by atoms with van der Waals surface area (Å²) in [5, 5.41) is 15.8. The number of fused-ring (bicyclic) bond motifs is 1. The Morgan fingerprint density at radius 2 is 1.74 bits per heavy atom. The summed E-state index contributed by atoms with van der Waals surface area (Å²) in [6.45, 7) is 2.17. The van der Waals surface area contributed by atoms with Gasteiger partial charge >= 0.3 is 0 Å². The molecule has 0 radical (unpaired) electrons. The van der Waals surface area contributed by atoms with E-state index in [-0.39, 0.29) is 48.3 Å². The van der Waals surface area contributed by atoms with Gasteiger partial charge in [-0.2, -0.15) is 5.10 Å². The van der Waals surface area contributed by atoms with Crippen LogP contribution in [0.2, 0.25) is 4.34 Å². The van der Waals surface area contributed by atoms with Crippen molar-refractivity contribution in [3.05, 3.63) is 92.6 Å². The van der Waals surface area contributed by atoms with E-state index in [0.29, 0.717) is 54.4 Å². The zero-order valence-corrected chi connectivity index (χ0v) is 26.6. The lowest BCUT2D eigenvalue weighted by molar-refractivity contribution is -0.0366. The van der Waals surface area contributed by atoms with Gasteiger partial charge < -0.3 is 10.8 Å². The Morgan fingerprint density at radius 3 is 2.37 bits per heavy atom. The highest BCUT2D eigenvalue weighted by Gasteiger charge is 2.33. The molecule has 0 unspecified atom stereocenters. The molecule has 0 amide bonds. The molecule has 0 atom stereocenters. The predicted molar refractivity (Wildman–Crippen MR) is 175 cm³/mol. The van der Waals surface area contributed by atoms with Crippen molar-refractivity contribution in [1.29, 1.82) is 0 Å². The molecular formula is C30H32Cl3FN6O2S. The summed E-state index contributed by atoms with van der Waals surface area (Å²) in [7, 11) is 1.79. The topological polar surface area (TPSA) is 102 Å². The Kier molecular flexibility index (Phi) is 10.3. The molecular weight excluding hydrogens is 634 g/mol. The summed E-state index contributed by atoms with van der Waals surface area (Å²) in [5.74, 6) is -0.260. The molecule has 1 aliphatic rings. The van der Waals surface area contributed by atoms with Crippen molar-refractivity contribution in [2.24, 2.45) is 12.8 Å². The van der Waals surface area contributed by atoms with E-state index in [9.17, 15) is 14.3 Å². The first kappa shape index (κ1) is 33.1. The summed E-state index contributed by atoms with van der Waals surface area (Å²) in [5.41, 5.74) is 9.20. The minimum atomic E-state index is -1.08. The number of hydrogen-bond donors (Lipinski definition) is 2. The van der Waals surface area contributed by atoms with Crippen molar-refractivity contribution in [1.82, 2.24) is 24.2 Å². The molecule has 43 heavy (non-hydrogen) atoms. The zero-order chi connectivity index (χ0) is 28.7. The molecule has 0 aliphatic carbocycles. The summed E-state index contributed by atoms with van der Waals surface area (Å²) in [6.07, 6.45) is 2.39. The van der Waals surface area contributed by atoms with Crippen LogP contribution in [-0.4, -0.2) is 48.0 Å². The molecule has 0 bridgehead atoms. The molecule has 8 nitrogen and oxygen atoms in total. The Morgan fingerprint density at radius 1 is 1.05 bits per heavy atom. The number of aryl methyl sites for hydroxylation is 1. The average molecular weight is 666 g/mol. The molecule has 5 aromatic rings. The Hall–Kier alpha value is -2.83. The molecule has 1 saturated heterocycles. The number of likely N-dealkylation sites (tertiary alicyclic amines) is 1. The van der Waals surface area contributed by atoms with Crippen LogP contribution in [0.1, 0.15) is 24.0 Å². The molecule has 0 saturated carbocycles. The van der Waals surface area contributed by atoms with E-state index < -0.39 is 5.60 Å². The van der Waals surface area contributed by atoms with Crippen LogP contribution in [0.5, 0.6) is 0 Å². The fourth-order valence-electron chi connectivity index (χ4n) is 5.47. The molecule has 1 aliphatic heterocycles. The monoisotopic (exact) mass is 664 g/mol. The first-order valence-corrected chi connectivity index (χ1v) is 14.6. The van der Waals surface area contributed by atoms with E-state index in [1.54, 1.807) is 23.9 Å². The normalized spacial score (nSPS) is 14.8. The largest absolute Gasteiger partial charge is 0.388 e. The fourth-order valence-corrected chi connectivity index (χ4v) is 6.51. The maximum absolute atomic E-state index is 14.9. The van der Waals surface area contributed by atoms with E-state index in [0.717, 1.165) is 27.3 Å². The van der Waals surface area contributed by atoms with Crippen LogP contribution >= 0.6 is 47.8 Å². The third-order valence-corrected chi connectivity index (χ3v) is 9.11. The number of hydrogen-bond acceptors (Lipinski definition) is 7. The molecule has 4 heterocycles. The van der Waals surface area contributed by atoms with Gasteiger partial charge in [0.1, 0.15) is 11.3 Å². The summed E-state index contributed by atoms with van der Waals surface area (Å²) < 4.78 is 18.7. The van der Waals surface area contributed by atoms with Gasteiger partial charge in [-0.15, -0.1) is 36.2 Å². The van der Waals surface area contributed by atoms with Gasteiger partial charge in [0, 0.05) is 49.2 Å². The van der Waals surface area contributed by atoms with Gasteiger partial charge in [-0.05, 0) is 42.2 Å². The van der Waals surface area contributed by atoms with Crippen molar-refractivity contribution in [2.45, 2.75) is 38.1 Å². The number of rotatable bonds is 7. The van der Waals surface area contributed by atoms with Gasteiger partial charge in [0.25, 0.3) is 5.56 Å². The second-order valence-electron chi connectivity index (χ2n) is 10.7. The second kappa shape index (κ2) is 13.4. The number of aromatic nitrogens is 4. The number of nitrogens with zero attached hydrogens (tertiary/aromatic N) is 5. The predicted octanol–water partition coefficient (Wildman–Crippen LogP) is 5.65. The van der Waals surface area contributed by atoms with Crippen LogP contribution in [0.4, 0.5) is 4.39 Å². The number of aliphatic hydroxyl groups is 1. The van der Waals surface area contributed by atoms with Crippen LogP contribution in [-0.2, 0) is 26.7 Å². The average Bonchev–Trinajstić information content (AvgIpc) is 3.55. The molecule has 3 aromatic heterocycles. The molecule has 228 valence electrons. The first-order chi connectivity index (χ1) is 19.7. The minimum Gasteiger partial charge on any atom is -0.388 e. The maximum atomic E-state index is 14.9. The second-order valence-corrected chi connectivity index (χ2v) is 12.4. The number of halogens is 4. The van der Waals surface area contributed by atoms with Crippen LogP contribution in [0.15, 0.2) is 65.7 Å². The standard InChI is InChI=1S/C30H30ClFN6O2S.2ClH/c1-36-28(20-4-2-19(15-33)3-5-20)26-27(35-36)29(39)38(18-34-26)17-30(40)10-12-37(13-11-30)16-22-7-6-21(14-23(22)32)24-8-9-25(31)41-24;;/h2-9,14,18,40H,10-13,15-17,33H2,1H3;2*1H. The molecule has 2 aromatic carbocycles. The van der Waals surface area contributed by atoms with Gasteiger partial charge in [-0.25, -0.2) is 9.37 Å². The van der Waals surface area contributed by atoms with Crippen molar-refractivity contribution < 1.29 is 9.50 Å². The Labute approximate surface area is 269 Å². The maximum Gasteiger partial charge on any atom is 0.281 e. The van der Waals surface area contributed by atoms with Gasteiger partial charge in [-0.3, -0.25) is 18.9 Å². The lowest BCUT2D eigenvalue weighted by Crippen LogP contribution is -2.47. The van der Waals surface area contributed by atoms with Crippen molar-refractivity contribution in [2.75, 3.05) is 13.1 Å². The van der Waals surface area contributed by atoms with E-state index in [2.05, 4.69) is 15.0 Å². The third kappa shape index (κ3) is 6.81. The van der Waals surface area contributed by atoms with Crippen LogP contribution in [0.3, 0.4) is 0 Å². The van der Waals surface area contributed by atoms with Gasteiger partial charge in [0.15, 0.2) is 5.52 Å². The molecule has 13 heteroatoms. The Balaban J connectivity index is 0.00000212. The smallest absolute Gasteiger partial charge is 0.281 e.